The van der Waals surface area contributed by atoms with Gasteiger partial charge in [-0.1, -0.05) is 115 Å². The molecule has 0 radical (unpaired) electrons. The van der Waals surface area contributed by atoms with E-state index in [0.29, 0.717) is 0 Å². The fourth-order valence-corrected chi connectivity index (χ4v) is 8.49. The summed E-state index contributed by atoms with van der Waals surface area (Å²) in [4.78, 5) is 2.32. The maximum Gasteiger partial charge on any atom is 0.137 e. The second-order valence-corrected chi connectivity index (χ2v) is 13.6. The van der Waals surface area contributed by atoms with Gasteiger partial charge in [-0.15, -0.1) is 11.3 Å². The molecule has 0 atom stereocenters. The van der Waals surface area contributed by atoms with Crippen LogP contribution in [0.15, 0.2) is 180 Å². The molecule has 8 aromatic carbocycles. The van der Waals surface area contributed by atoms with E-state index in [1.54, 1.807) is 0 Å². The van der Waals surface area contributed by atoms with Crippen LogP contribution in [0.3, 0.4) is 0 Å². The zero-order valence-corrected chi connectivity index (χ0v) is 27.3. The highest BCUT2D eigenvalue weighted by atomic mass is 32.1. The van der Waals surface area contributed by atoms with E-state index < -0.39 is 0 Å². The van der Waals surface area contributed by atoms with Gasteiger partial charge in [0.1, 0.15) is 11.2 Å². The number of furan rings is 1. The molecule has 0 saturated heterocycles. The molecule has 2 heterocycles. The molecular weight excluding hydrogens is 615 g/mol. The van der Waals surface area contributed by atoms with Crippen LogP contribution in [-0.2, 0) is 0 Å². The predicted octanol–water partition coefficient (Wildman–Crippen LogP) is 13.9. The number of rotatable bonds is 5. The zero-order chi connectivity index (χ0) is 32.3. The highest BCUT2D eigenvalue weighted by Crippen LogP contribution is 2.42. The predicted molar refractivity (Wildman–Crippen MR) is 210 cm³/mol. The first kappa shape index (κ1) is 27.9. The fraction of sp³-hybridized carbons (Fsp3) is 0. The molecule has 0 saturated carbocycles. The monoisotopic (exact) mass is 643 g/mol. The van der Waals surface area contributed by atoms with E-state index in [9.17, 15) is 0 Å². The lowest BCUT2D eigenvalue weighted by Crippen LogP contribution is -2.10. The zero-order valence-electron chi connectivity index (χ0n) is 26.5. The van der Waals surface area contributed by atoms with E-state index in [-0.39, 0.29) is 0 Å². The number of benzene rings is 8. The highest BCUT2D eigenvalue weighted by molar-refractivity contribution is 7.26. The van der Waals surface area contributed by atoms with Crippen molar-refractivity contribution in [3.8, 4) is 22.3 Å². The Morgan fingerprint density at radius 2 is 1.00 bits per heavy atom. The summed E-state index contributed by atoms with van der Waals surface area (Å²) in [6, 6.07) is 63.2. The lowest BCUT2D eigenvalue weighted by molar-refractivity contribution is 0.669. The van der Waals surface area contributed by atoms with Crippen molar-refractivity contribution in [3.05, 3.63) is 176 Å². The Labute approximate surface area is 287 Å². The summed E-state index contributed by atoms with van der Waals surface area (Å²) in [6.45, 7) is 0. The third-order valence-corrected chi connectivity index (χ3v) is 10.9. The number of anilines is 3. The molecular formula is C46H29NOS. The quantitative estimate of drug-likeness (QED) is 0.186. The molecule has 0 aliphatic heterocycles. The SMILES string of the molecule is c1ccc(-c2cccc(N(c3ccc(-c4ccc5c(ccc6c7ccccc7sc56)c4)cc3)c3ccc4c(c3)oc3ccccc34)c2)cc1. The van der Waals surface area contributed by atoms with E-state index in [4.69, 9.17) is 4.42 Å². The summed E-state index contributed by atoms with van der Waals surface area (Å²) in [5, 5.41) is 7.50. The first-order chi connectivity index (χ1) is 24.3. The van der Waals surface area contributed by atoms with Crippen LogP contribution in [0, 0.1) is 0 Å². The van der Waals surface area contributed by atoms with E-state index in [1.807, 2.05) is 23.5 Å². The van der Waals surface area contributed by atoms with Gasteiger partial charge in [-0.25, -0.2) is 0 Å². The van der Waals surface area contributed by atoms with Crippen LogP contribution in [0.2, 0.25) is 0 Å². The van der Waals surface area contributed by atoms with Crippen molar-refractivity contribution in [2.45, 2.75) is 0 Å². The Bertz CT molecular complexity index is 2830. The van der Waals surface area contributed by atoms with Crippen LogP contribution >= 0.6 is 11.3 Å². The maximum atomic E-state index is 6.34. The molecule has 0 aliphatic carbocycles. The van der Waals surface area contributed by atoms with Crippen LogP contribution in [0.5, 0.6) is 0 Å². The van der Waals surface area contributed by atoms with Crippen molar-refractivity contribution < 1.29 is 4.42 Å². The third-order valence-electron chi connectivity index (χ3n) is 9.65. The number of thiophene rings is 1. The summed E-state index contributed by atoms with van der Waals surface area (Å²) >= 11 is 1.88. The molecule has 2 aromatic heterocycles. The number of hydrogen-bond donors (Lipinski definition) is 0. The minimum Gasteiger partial charge on any atom is -0.456 e. The number of fused-ring (bicyclic) bond motifs is 8. The lowest BCUT2D eigenvalue weighted by atomic mass is 9.99. The molecule has 0 bridgehead atoms. The average molecular weight is 644 g/mol. The second kappa shape index (κ2) is 11.2. The molecule has 0 amide bonds. The number of para-hydroxylation sites is 1. The Morgan fingerprint density at radius 1 is 0.367 bits per heavy atom. The molecule has 49 heavy (non-hydrogen) atoms. The smallest absolute Gasteiger partial charge is 0.137 e. The van der Waals surface area contributed by atoms with Gasteiger partial charge in [0, 0.05) is 54.1 Å². The van der Waals surface area contributed by atoms with Crippen molar-refractivity contribution in [3.63, 3.8) is 0 Å². The van der Waals surface area contributed by atoms with Crippen LogP contribution in [0.4, 0.5) is 17.1 Å². The Kier molecular flexibility index (Phi) is 6.39. The van der Waals surface area contributed by atoms with E-state index in [0.717, 1.165) is 39.0 Å². The molecule has 0 spiro atoms. The molecule has 0 fully saturated rings. The van der Waals surface area contributed by atoms with Crippen LogP contribution < -0.4 is 4.90 Å². The summed E-state index contributed by atoms with van der Waals surface area (Å²) < 4.78 is 9.03. The Hall–Kier alpha value is -6.16. The van der Waals surface area contributed by atoms with Gasteiger partial charge in [-0.05, 0) is 87.6 Å². The van der Waals surface area contributed by atoms with Gasteiger partial charge >= 0.3 is 0 Å². The molecule has 10 rings (SSSR count). The maximum absolute atomic E-state index is 6.34. The Balaban J connectivity index is 1.07. The molecule has 10 aromatic rings. The van der Waals surface area contributed by atoms with Gasteiger partial charge in [0.05, 0.1) is 0 Å². The summed E-state index contributed by atoms with van der Waals surface area (Å²) in [6.07, 6.45) is 0. The van der Waals surface area contributed by atoms with Gasteiger partial charge in [0.2, 0.25) is 0 Å². The second-order valence-electron chi connectivity index (χ2n) is 12.6. The standard InChI is InChI=1S/C46H29NOS/c1-2-9-30(10-3-1)32-11-8-12-36(28-32)47(37-23-26-40-39-13-4-6-15-43(39)48-44(40)29-37)35-21-17-31(18-22-35)33-19-24-38-34(27-33)20-25-42-41-14-5-7-16-45(41)49-46(38)42/h1-29H. The van der Waals surface area contributed by atoms with Gasteiger partial charge in [0.25, 0.3) is 0 Å². The molecule has 2 nitrogen and oxygen atoms in total. The summed E-state index contributed by atoms with van der Waals surface area (Å²) in [7, 11) is 0. The van der Waals surface area contributed by atoms with Crippen molar-refractivity contribution in [2.75, 3.05) is 4.90 Å². The molecule has 0 aliphatic rings. The Morgan fingerprint density at radius 3 is 1.90 bits per heavy atom. The van der Waals surface area contributed by atoms with Crippen LogP contribution in [0.25, 0.3) is 75.1 Å². The van der Waals surface area contributed by atoms with Crippen LogP contribution in [-0.4, -0.2) is 0 Å². The average Bonchev–Trinajstić information content (AvgIpc) is 3.74. The van der Waals surface area contributed by atoms with Crippen molar-refractivity contribution >= 4 is 81.3 Å². The molecule has 0 N–H and O–H groups in total. The minimum absolute atomic E-state index is 0.878. The first-order valence-electron chi connectivity index (χ1n) is 16.6. The van der Waals surface area contributed by atoms with Gasteiger partial charge in [0.15, 0.2) is 0 Å². The van der Waals surface area contributed by atoms with Gasteiger partial charge in [-0.2, -0.15) is 0 Å². The largest absolute Gasteiger partial charge is 0.456 e. The van der Waals surface area contributed by atoms with Crippen molar-refractivity contribution in [1.82, 2.24) is 0 Å². The molecule has 3 heteroatoms. The van der Waals surface area contributed by atoms with E-state index in [1.165, 1.54) is 53.2 Å². The van der Waals surface area contributed by atoms with Gasteiger partial charge < -0.3 is 9.32 Å². The number of nitrogens with zero attached hydrogens (tertiary/aromatic N) is 1. The normalized spacial score (nSPS) is 11.7. The molecule has 230 valence electrons. The lowest BCUT2D eigenvalue weighted by Gasteiger charge is -2.26. The topological polar surface area (TPSA) is 16.4 Å². The van der Waals surface area contributed by atoms with Crippen LogP contribution in [0.1, 0.15) is 0 Å². The fourth-order valence-electron chi connectivity index (χ4n) is 7.25. The minimum atomic E-state index is 0.878. The molecule has 0 unspecified atom stereocenters. The van der Waals surface area contributed by atoms with Gasteiger partial charge in [-0.3, -0.25) is 0 Å². The summed E-state index contributed by atoms with van der Waals surface area (Å²) in [5.41, 5.74) is 9.75. The highest BCUT2D eigenvalue weighted by Gasteiger charge is 2.17. The summed E-state index contributed by atoms with van der Waals surface area (Å²) in [5.74, 6) is 0. The third kappa shape index (κ3) is 4.70. The first-order valence-corrected chi connectivity index (χ1v) is 17.4. The van der Waals surface area contributed by atoms with Crippen molar-refractivity contribution in [1.29, 1.82) is 0 Å². The van der Waals surface area contributed by atoms with Crippen molar-refractivity contribution in [2.24, 2.45) is 0 Å². The van der Waals surface area contributed by atoms with E-state index in [2.05, 4.69) is 169 Å². The van der Waals surface area contributed by atoms with E-state index >= 15 is 0 Å². The number of hydrogen-bond acceptors (Lipinski definition) is 3.